The lowest BCUT2D eigenvalue weighted by Gasteiger charge is -2.30. The molecule has 21 heavy (non-hydrogen) atoms. The first-order valence-electron chi connectivity index (χ1n) is 6.89. The fraction of sp³-hybridized carbons (Fsp3) is 0.0526. The van der Waals surface area contributed by atoms with E-state index in [-0.39, 0.29) is 0 Å². The summed E-state index contributed by atoms with van der Waals surface area (Å²) in [5.41, 5.74) is 2.60. The predicted molar refractivity (Wildman–Crippen MR) is 89.0 cm³/mol. The van der Waals surface area contributed by atoms with E-state index in [9.17, 15) is 0 Å². The highest BCUT2D eigenvalue weighted by molar-refractivity contribution is 7.47. The Morgan fingerprint density at radius 1 is 0.524 bits per heavy atom. The Morgan fingerprint density at radius 2 is 0.810 bits per heavy atom. The second-order valence-corrected chi connectivity index (χ2v) is 5.08. The van der Waals surface area contributed by atoms with Crippen LogP contribution in [-0.4, -0.2) is 0 Å². The van der Waals surface area contributed by atoms with Gasteiger partial charge in [0.05, 0.1) is 0 Å². The van der Waals surface area contributed by atoms with Gasteiger partial charge in [-0.05, 0) is 16.7 Å². The largest absolute Gasteiger partial charge is 0.198 e. The molecule has 0 atom stereocenters. The summed E-state index contributed by atoms with van der Waals surface area (Å²) < 4.78 is 4.41. The Morgan fingerprint density at radius 3 is 1.05 bits per heavy atom. The van der Waals surface area contributed by atoms with Crippen molar-refractivity contribution in [3.05, 3.63) is 108 Å². The van der Waals surface area contributed by atoms with E-state index >= 15 is 0 Å². The summed E-state index contributed by atoms with van der Waals surface area (Å²) in [5.74, 6) is 0. The topological polar surface area (TPSA) is 12.4 Å². The van der Waals surface area contributed by atoms with Crippen LogP contribution in [-0.2, 0) is 18.0 Å². The summed E-state index contributed by atoms with van der Waals surface area (Å²) in [7, 11) is 0. The maximum atomic E-state index is 5.26. The molecule has 0 amide bonds. The van der Waals surface area contributed by atoms with Gasteiger partial charge in [-0.1, -0.05) is 91.0 Å². The second kappa shape index (κ2) is 5.98. The molecule has 2 heteroatoms. The minimum absolute atomic E-state index is 0.640. The second-order valence-electron chi connectivity index (χ2n) is 4.90. The number of benzene rings is 3. The van der Waals surface area contributed by atoms with Crippen molar-refractivity contribution in [2.75, 3.05) is 0 Å². The van der Waals surface area contributed by atoms with Gasteiger partial charge in [0, 0.05) is 12.4 Å². The van der Waals surface area contributed by atoms with E-state index in [2.05, 4.69) is 40.8 Å². The van der Waals surface area contributed by atoms with E-state index in [0.29, 0.717) is 0 Å². The van der Waals surface area contributed by atoms with Gasteiger partial charge in [0.1, 0.15) is 5.54 Å². The third kappa shape index (κ3) is 2.39. The van der Waals surface area contributed by atoms with Crippen molar-refractivity contribution >= 4 is 12.4 Å². The molecule has 3 rings (SSSR count). The first-order valence-corrected chi connectivity index (χ1v) is 7.25. The highest BCUT2D eigenvalue weighted by atomic mass is 32.1. The quantitative estimate of drug-likeness (QED) is 0.634. The molecule has 0 aromatic heterocycles. The van der Waals surface area contributed by atoms with Gasteiger partial charge < -0.3 is 0 Å². The minimum Gasteiger partial charge on any atom is -0.198 e. The molecular weight excluding hydrogens is 274 g/mol. The lowest BCUT2D eigenvalue weighted by molar-refractivity contribution is 0.669. The van der Waals surface area contributed by atoms with Crippen LogP contribution in [0.3, 0.4) is 0 Å². The lowest BCUT2D eigenvalue weighted by Crippen LogP contribution is -2.26. The maximum Gasteiger partial charge on any atom is 0.149 e. The third-order valence-corrected chi connectivity index (χ3v) is 3.99. The normalized spacial score (nSPS) is 11.0. The highest BCUT2D eigenvalue weighted by Gasteiger charge is 2.35. The zero-order valence-corrected chi connectivity index (χ0v) is 12.3. The number of nitrogens with zero attached hydrogens (tertiary/aromatic N) is 1. The van der Waals surface area contributed by atoms with E-state index in [1.807, 2.05) is 54.6 Å². The van der Waals surface area contributed by atoms with E-state index in [4.69, 9.17) is 12.4 Å². The van der Waals surface area contributed by atoms with Crippen LogP contribution in [0.1, 0.15) is 16.7 Å². The average molecular weight is 289 g/mol. The van der Waals surface area contributed by atoms with Crippen LogP contribution in [0.25, 0.3) is 0 Å². The van der Waals surface area contributed by atoms with Crippen LogP contribution in [0.4, 0.5) is 0 Å². The molecule has 0 saturated heterocycles. The van der Waals surface area contributed by atoms with Gasteiger partial charge in [-0.3, -0.25) is 0 Å². The molecule has 3 aromatic carbocycles. The van der Waals surface area contributed by atoms with Crippen molar-refractivity contribution in [2.24, 2.45) is 4.36 Å². The van der Waals surface area contributed by atoms with Gasteiger partial charge >= 0.3 is 0 Å². The Bertz CT molecular complexity index is 612. The molecule has 0 radical (unpaired) electrons. The minimum atomic E-state index is -0.640. The van der Waals surface area contributed by atoms with E-state index in [0.717, 1.165) is 16.7 Å². The average Bonchev–Trinajstić information content (AvgIpc) is 2.59. The Hall–Kier alpha value is -2.32. The van der Waals surface area contributed by atoms with E-state index in [1.165, 1.54) is 0 Å². The Labute approximate surface area is 130 Å². The fourth-order valence-electron chi connectivity index (χ4n) is 2.70. The van der Waals surface area contributed by atoms with Crippen LogP contribution < -0.4 is 0 Å². The zero-order valence-electron chi connectivity index (χ0n) is 11.5. The van der Waals surface area contributed by atoms with Crippen molar-refractivity contribution < 1.29 is 0 Å². The SMILES string of the molecule is S=NC(c1ccccc1)(c1ccccc1)c1ccccc1. The predicted octanol–water partition coefficient (Wildman–Crippen LogP) is 4.71. The highest BCUT2D eigenvalue weighted by Crippen LogP contribution is 2.40. The van der Waals surface area contributed by atoms with E-state index < -0.39 is 5.54 Å². The van der Waals surface area contributed by atoms with Gasteiger partial charge in [0.25, 0.3) is 0 Å². The van der Waals surface area contributed by atoms with Gasteiger partial charge in [-0.2, -0.15) is 4.36 Å². The molecule has 3 aromatic rings. The van der Waals surface area contributed by atoms with Crippen molar-refractivity contribution in [1.29, 1.82) is 0 Å². The summed E-state index contributed by atoms with van der Waals surface area (Å²) in [6.45, 7) is 0. The Balaban J connectivity index is 2.31. The molecule has 0 bridgehead atoms. The summed E-state index contributed by atoms with van der Waals surface area (Å²) in [4.78, 5) is 0. The molecule has 0 heterocycles. The molecule has 1 nitrogen and oxygen atoms in total. The van der Waals surface area contributed by atoms with Crippen molar-refractivity contribution in [1.82, 2.24) is 0 Å². The molecular formula is C19H15NS. The standard InChI is InChI=1S/C19H15NS/c21-20-19(16-10-4-1-5-11-16,17-12-6-2-7-13-17)18-14-8-3-9-15-18/h1-15H. The monoisotopic (exact) mass is 289 g/mol. The zero-order chi connectivity index (χ0) is 14.5. The molecule has 102 valence electrons. The fourth-order valence-corrected chi connectivity index (χ4v) is 3.01. The van der Waals surface area contributed by atoms with Crippen LogP contribution in [0.15, 0.2) is 95.4 Å². The molecule has 0 aliphatic carbocycles. The van der Waals surface area contributed by atoms with Crippen molar-refractivity contribution in [3.63, 3.8) is 0 Å². The van der Waals surface area contributed by atoms with E-state index in [1.54, 1.807) is 0 Å². The molecule has 0 N–H and O–H groups in total. The summed E-state index contributed by atoms with van der Waals surface area (Å²) >= 11 is 5.26. The number of hydrogen-bond donors (Lipinski definition) is 0. The third-order valence-electron chi connectivity index (χ3n) is 3.71. The van der Waals surface area contributed by atoms with Gasteiger partial charge in [-0.25, -0.2) is 0 Å². The summed E-state index contributed by atoms with van der Waals surface area (Å²) in [6, 6.07) is 30.6. The molecule has 0 spiro atoms. The summed E-state index contributed by atoms with van der Waals surface area (Å²) in [6.07, 6.45) is 0. The van der Waals surface area contributed by atoms with Crippen molar-refractivity contribution in [2.45, 2.75) is 5.54 Å². The maximum absolute atomic E-state index is 5.26. The van der Waals surface area contributed by atoms with Crippen LogP contribution >= 0.6 is 0 Å². The lowest BCUT2D eigenvalue weighted by atomic mass is 9.78. The van der Waals surface area contributed by atoms with Crippen LogP contribution in [0.5, 0.6) is 0 Å². The first-order chi connectivity index (χ1) is 10.4. The molecule has 0 unspecified atom stereocenters. The Kier molecular flexibility index (Phi) is 3.89. The van der Waals surface area contributed by atoms with Crippen LogP contribution in [0.2, 0.25) is 0 Å². The van der Waals surface area contributed by atoms with Gasteiger partial charge in [0.15, 0.2) is 0 Å². The smallest absolute Gasteiger partial charge is 0.149 e. The molecule has 0 fully saturated rings. The summed E-state index contributed by atoms with van der Waals surface area (Å²) in [5, 5.41) is 0. The van der Waals surface area contributed by atoms with Crippen LogP contribution in [0, 0.1) is 0 Å². The molecule has 0 aliphatic heterocycles. The van der Waals surface area contributed by atoms with Crippen molar-refractivity contribution in [3.8, 4) is 0 Å². The molecule has 0 aliphatic rings. The number of hydrogen-bond acceptors (Lipinski definition) is 2. The van der Waals surface area contributed by atoms with Gasteiger partial charge in [0.2, 0.25) is 0 Å². The number of rotatable bonds is 4. The molecule has 0 saturated carbocycles. The van der Waals surface area contributed by atoms with Gasteiger partial charge in [-0.15, -0.1) is 0 Å². The first kappa shape index (κ1) is 13.7.